The Kier molecular flexibility index (Phi) is 10.8. The van der Waals surface area contributed by atoms with Crippen molar-refractivity contribution in [2.75, 3.05) is 11.1 Å². The fourth-order valence-electron chi connectivity index (χ4n) is 2.27. The second-order valence-corrected chi connectivity index (χ2v) is 8.29. The van der Waals surface area contributed by atoms with E-state index in [-0.39, 0.29) is 81.6 Å². The van der Waals surface area contributed by atoms with Gasteiger partial charge in [-0.1, -0.05) is 24.3 Å². The Morgan fingerprint density at radius 2 is 1.34 bits per heavy atom. The normalized spacial score (nSPS) is 11.4. The molecule has 9 nitrogen and oxygen atoms in total. The topological polar surface area (TPSA) is 164 Å². The molecule has 2 rings (SSSR count). The molecule has 0 aliphatic heterocycles. The Bertz CT molecular complexity index is 1150. The number of nitrogens with one attached hydrogen (secondary N) is 1. The average molecular weight is 458 g/mol. The molecule has 13 heteroatoms. The van der Waals surface area contributed by atoms with Crippen LogP contribution in [0, 0.1) is 0 Å². The maximum atomic E-state index is 11.6. The molecule has 2 radical (unpaired) electrons. The molecule has 0 spiro atoms. The zero-order valence-electron chi connectivity index (χ0n) is 15.9. The standard InChI is InChI=1S/C16H16N2O7S2.2Na/c1-10(19)18-14-7-5-12(16(9-14)27(23,24)25)3-2-11-4-6-13(17)8-15(11)26(20,21)22;;/h2-9H,17H2,1H3,(H,18,19)(H,20,21,22)(H,23,24,25);;/b3-2+;;. The van der Waals surface area contributed by atoms with Crippen LogP contribution < -0.4 is 11.1 Å². The zero-order chi connectivity index (χ0) is 20.4. The van der Waals surface area contributed by atoms with Gasteiger partial charge in [0.2, 0.25) is 5.91 Å². The number of carbonyl (C=O) groups is 1. The predicted molar refractivity (Wildman–Crippen MR) is 112 cm³/mol. The molecular weight excluding hydrogens is 442 g/mol. The Labute approximate surface area is 212 Å². The van der Waals surface area contributed by atoms with Gasteiger partial charge in [0.15, 0.2) is 0 Å². The third kappa shape index (κ3) is 8.13. The molecule has 0 aliphatic rings. The number of hydrogen-bond acceptors (Lipinski definition) is 6. The van der Waals surface area contributed by atoms with Gasteiger partial charge < -0.3 is 11.1 Å². The monoisotopic (exact) mass is 458 g/mol. The van der Waals surface area contributed by atoms with E-state index >= 15 is 0 Å². The smallest absolute Gasteiger partial charge is 0.295 e. The molecule has 0 atom stereocenters. The molecule has 2 aromatic carbocycles. The molecule has 1 amide bonds. The number of nitrogens with two attached hydrogens (primary N) is 1. The van der Waals surface area contributed by atoms with Crippen molar-refractivity contribution in [1.82, 2.24) is 0 Å². The van der Waals surface area contributed by atoms with Gasteiger partial charge in [-0.25, -0.2) is 0 Å². The summed E-state index contributed by atoms with van der Waals surface area (Å²) < 4.78 is 64.9. The van der Waals surface area contributed by atoms with Crippen molar-refractivity contribution < 1.29 is 30.7 Å². The first-order valence-electron chi connectivity index (χ1n) is 7.32. The molecule has 0 saturated carbocycles. The van der Waals surface area contributed by atoms with Crippen LogP contribution in [0.2, 0.25) is 0 Å². The second-order valence-electron chi connectivity index (χ2n) is 5.51. The van der Waals surface area contributed by atoms with Crippen molar-refractivity contribution >= 4 is 109 Å². The van der Waals surface area contributed by atoms with Gasteiger partial charge in [0, 0.05) is 77.4 Å². The fraction of sp³-hybridized carbons (Fsp3) is 0.0625. The van der Waals surface area contributed by atoms with Gasteiger partial charge in [0.25, 0.3) is 20.2 Å². The zero-order valence-corrected chi connectivity index (χ0v) is 21.6. The first kappa shape index (κ1) is 28.3. The van der Waals surface area contributed by atoms with Crippen molar-refractivity contribution in [1.29, 1.82) is 0 Å². The maximum absolute atomic E-state index is 11.6. The van der Waals surface area contributed by atoms with Crippen LogP contribution in [0.15, 0.2) is 46.2 Å². The van der Waals surface area contributed by atoms with E-state index in [0.717, 1.165) is 12.1 Å². The summed E-state index contributed by atoms with van der Waals surface area (Å²) in [6.07, 6.45) is 2.48. The minimum absolute atomic E-state index is 0. The van der Waals surface area contributed by atoms with Gasteiger partial charge in [0.1, 0.15) is 9.79 Å². The number of hydrogen-bond donors (Lipinski definition) is 4. The molecule has 0 bridgehead atoms. The third-order valence-corrected chi connectivity index (χ3v) is 5.19. The summed E-state index contributed by atoms with van der Waals surface area (Å²) in [4.78, 5) is 10.2. The summed E-state index contributed by atoms with van der Waals surface area (Å²) in [6, 6.07) is 7.56. The predicted octanol–water partition coefficient (Wildman–Crippen LogP) is 1.13. The van der Waals surface area contributed by atoms with E-state index in [2.05, 4.69) is 5.32 Å². The van der Waals surface area contributed by atoms with Crippen molar-refractivity contribution in [3.8, 4) is 0 Å². The van der Waals surface area contributed by atoms with Crippen molar-refractivity contribution in [3.05, 3.63) is 47.5 Å². The van der Waals surface area contributed by atoms with Crippen LogP contribution in [0.1, 0.15) is 18.1 Å². The van der Waals surface area contributed by atoms with E-state index in [1.807, 2.05) is 0 Å². The molecule has 0 saturated heterocycles. The Morgan fingerprint density at radius 3 is 1.79 bits per heavy atom. The quantitative estimate of drug-likeness (QED) is 0.224. The van der Waals surface area contributed by atoms with Gasteiger partial charge in [-0.2, -0.15) is 16.8 Å². The second kappa shape index (κ2) is 11.0. The summed E-state index contributed by atoms with van der Waals surface area (Å²) in [5, 5.41) is 2.39. The number of rotatable bonds is 5. The van der Waals surface area contributed by atoms with Crippen LogP contribution >= 0.6 is 0 Å². The summed E-state index contributed by atoms with van der Waals surface area (Å²) in [5.74, 6) is -0.431. The molecule has 0 unspecified atom stereocenters. The molecule has 2 aromatic rings. The molecule has 29 heavy (non-hydrogen) atoms. The van der Waals surface area contributed by atoms with E-state index in [9.17, 15) is 30.7 Å². The van der Waals surface area contributed by atoms with Crippen LogP contribution in [0.5, 0.6) is 0 Å². The number of amides is 1. The third-order valence-electron chi connectivity index (χ3n) is 3.37. The molecule has 0 aliphatic carbocycles. The number of nitrogen functional groups attached to an aromatic ring is 1. The largest absolute Gasteiger partial charge is 0.399 e. The number of benzene rings is 2. The van der Waals surface area contributed by atoms with Crippen LogP contribution in [0.4, 0.5) is 11.4 Å². The Hall–Kier alpha value is -0.730. The Balaban J connectivity index is 0.00000392. The summed E-state index contributed by atoms with van der Waals surface area (Å²) in [7, 11) is -9.20. The van der Waals surface area contributed by atoms with Gasteiger partial charge in [-0.15, -0.1) is 0 Å². The van der Waals surface area contributed by atoms with Crippen molar-refractivity contribution in [2.24, 2.45) is 0 Å². The van der Waals surface area contributed by atoms with E-state index < -0.39 is 35.9 Å². The maximum Gasteiger partial charge on any atom is 0.295 e. The van der Waals surface area contributed by atoms with Crippen molar-refractivity contribution in [2.45, 2.75) is 16.7 Å². The molecule has 0 heterocycles. The molecule has 146 valence electrons. The molecule has 0 aromatic heterocycles. The van der Waals surface area contributed by atoms with E-state index in [1.54, 1.807) is 0 Å². The minimum atomic E-state index is -4.63. The molecule has 5 N–H and O–H groups in total. The van der Waals surface area contributed by atoms with Gasteiger partial charge >= 0.3 is 0 Å². The van der Waals surface area contributed by atoms with Crippen LogP contribution in [0.3, 0.4) is 0 Å². The summed E-state index contributed by atoms with van der Waals surface area (Å²) in [6.45, 7) is 1.24. The van der Waals surface area contributed by atoms with Crippen molar-refractivity contribution in [3.63, 3.8) is 0 Å². The fourth-order valence-corrected chi connectivity index (χ4v) is 3.70. The van der Waals surface area contributed by atoms with Crippen LogP contribution in [0.25, 0.3) is 12.2 Å². The summed E-state index contributed by atoms with van der Waals surface area (Å²) in [5.41, 5.74) is 5.87. The van der Waals surface area contributed by atoms with Gasteiger partial charge in [0.05, 0.1) is 0 Å². The summed E-state index contributed by atoms with van der Waals surface area (Å²) >= 11 is 0. The molecular formula is C16H16N2Na2O7S2. The SMILES string of the molecule is CC(=O)Nc1ccc(/C=C/c2ccc(N)cc2S(=O)(=O)O)c(S(=O)(=O)O)c1.[Na].[Na]. The van der Waals surface area contributed by atoms with Gasteiger partial charge in [-0.3, -0.25) is 13.9 Å². The molecule has 0 fully saturated rings. The number of anilines is 2. The Morgan fingerprint density at radius 1 is 0.897 bits per heavy atom. The van der Waals surface area contributed by atoms with E-state index in [1.165, 1.54) is 43.3 Å². The van der Waals surface area contributed by atoms with Crippen LogP contribution in [-0.2, 0) is 25.0 Å². The minimum Gasteiger partial charge on any atom is -0.399 e. The first-order chi connectivity index (χ1) is 12.4. The first-order valence-corrected chi connectivity index (χ1v) is 10.2. The number of carbonyl (C=O) groups excluding carboxylic acids is 1. The average Bonchev–Trinajstić information content (AvgIpc) is 2.52. The van der Waals surface area contributed by atoms with E-state index in [4.69, 9.17) is 5.73 Å². The van der Waals surface area contributed by atoms with E-state index in [0.29, 0.717) is 0 Å². The van der Waals surface area contributed by atoms with Gasteiger partial charge in [-0.05, 0) is 35.4 Å². The van der Waals surface area contributed by atoms with Crippen LogP contribution in [-0.4, -0.2) is 91.0 Å².